The van der Waals surface area contributed by atoms with Gasteiger partial charge in [-0.1, -0.05) is 29.3 Å². The molecule has 0 unspecified atom stereocenters. The van der Waals surface area contributed by atoms with Gasteiger partial charge in [0, 0.05) is 30.3 Å². The number of hydrogen-bond donors (Lipinski definition) is 2. The Morgan fingerprint density at radius 1 is 1.00 bits per heavy atom. The second-order valence-corrected chi connectivity index (χ2v) is 9.35. The van der Waals surface area contributed by atoms with E-state index in [1.54, 1.807) is 18.2 Å². The third kappa shape index (κ3) is 4.72. The van der Waals surface area contributed by atoms with E-state index in [1.165, 1.54) is 28.6 Å². The van der Waals surface area contributed by atoms with Crippen LogP contribution < -0.4 is 11.1 Å². The van der Waals surface area contributed by atoms with Crippen molar-refractivity contribution < 1.29 is 18.0 Å². The van der Waals surface area contributed by atoms with Crippen LogP contribution >= 0.6 is 23.2 Å². The largest absolute Gasteiger partial charge is 0.366 e. The van der Waals surface area contributed by atoms with Crippen molar-refractivity contribution in [1.29, 1.82) is 0 Å². The summed E-state index contributed by atoms with van der Waals surface area (Å²) in [5.41, 5.74) is 6.08. The number of benzene rings is 2. The van der Waals surface area contributed by atoms with E-state index < -0.39 is 15.9 Å². The van der Waals surface area contributed by atoms with Crippen molar-refractivity contribution >= 4 is 50.7 Å². The molecule has 1 saturated heterocycles. The molecule has 1 fully saturated rings. The average Bonchev–Trinajstić information content (AvgIpc) is 2.68. The zero-order chi connectivity index (χ0) is 21.2. The predicted molar refractivity (Wildman–Crippen MR) is 112 cm³/mol. The van der Waals surface area contributed by atoms with E-state index >= 15 is 0 Å². The summed E-state index contributed by atoms with van der Waals surface area (Å²) in [6.07, 6.45) is 0.735. The number of hydrogen-bond acceptors (Lipinski definition) is 4. The molecule has 29 heavy (non-hydrogen) atoms. The molecule has 2 aromatic rings. The van der Waals surface area contributed by atoms with Crippen molar-refractivity contribution in [3.8, 4) is 0 Å². The second-order valence-electron chi connectivity index (χ2n) is 6.66. The van der Waals surface area contributed by atoms with E-state index in [1.807, 2.05) is 0 Å². The number of nitrogens with zero attached hydrogens (tertiary/aromatic N) is 1. The number of nitrogens with one attached hydrogen (secondary N) is 1. The topological polar surface area (TPSA) is 110 Å². The minimum atomic E-state index is -3.85. The predicted octanol–water partition coefficient (Wildman–Crippen LogP) is 3.13. The van der Waals surface area contributed by atoms with Crippen LogP contribution in [0.5, 0.6) is 0 Å². The molecule has 1 heterocycles. The second kappa shape index (κ2) is 8.71. The summed E-state index contributed by atoms with van der Waals surface area (Å²) in [5.74, 6) is -1.08. The molecule has 0 saturated carbocycles. The highest BCUT2D eigenvalue weighted by Gasteiger charge is 2.34. The number of carbonyl (C=O) groups excluding carboxylic acids is 2. The monoisotopic (exact) mass is 455 g/mol. The van der Waals surface area contributed by atoms with E-state index in [0.717, 1.165) is 0 Å². The molecule has 1 aliphatic rings. The molecule has 1 aliphatic heterocycles. The highest BCUT2D eigenvalue weighted by Crippen LogP contribution is 2.33. The molecule has 154 valence electrons. The number of nitrogens with two attached hydrogens (primary N) is 1. The van der Waals surface area contributed by atoms with Gasteiger partial charge in [0.25, 0.3) is 0 Å². The maximum absolute atomic E-state index is 12.9. The normalized spacial score (nSPS) is 15.8. The summed E-state index contributed by atoms with van der Waals surface area (Å²) >= 11 is 12.1. The Morgan fingerprint density at radius 2 is 1.55 bits per heavy atom. The molecule has 3 N–H and O–H groups in total. The van der Waals surface area contributed by atoms with Crippen LogP contribution in [0.2, 0.25) is 10.0 Å². The fourth-order valence-electron chi connectivity index (χ4n) is 3.18. The van der Waals surface area contributed by atoms with Crippen LogP contribution in [-0.2, 0) is 14.8 Å². The Kier molecular flexibility index (Phi) is 6.48. The molecule has 0 spiro atoms. The van der Waals surface area contributed by atoms with Crippen LogP contribution in [0.1, 0.15) is 23.2 Å². The summed E-state index contributed by atoms with van der Waals surface area (Å²) < 4.78 is 27.1. The van der Waals surface area contributed by atoms with E-state index in [-0.39, 0.29) is 39.9 Å². The number of halogens is 2. The first kappa shape index (κ1) is 21.6. The summed E-state index contributed by atoms with van der Waals surface area (Å²) in [7, 11) is -3.85. The van der Waals surface area contributed by atoms with Crippen molar-refractivity contribution in [1.82, 2.24) is 4.31 Å². The van der Waals surface area contributed by atoms with Gasteiger partial charge in [0.15, 0.2) is 0 Å². The minimum Gasteiger partial charge on any atom is -0.366 e. The number of sulfonamides is 1. The summed E-state index contributed by atoms with van der Waals surface area (Å²) in [6.45, 7) is 0.366. The third-order valence-corrected chi connectivity index (χ3v) is 7.63. The van der Waals surface area contributed by atoms with Gasteiger partial charge in [-0.2, -0.15) is 4.31 Å². The van der Waals surface area contributed by atoms with Gasteiger partial charge in [-0.25, -0.2) is 8.42 Å². The minimum absolute atomic E-state index is 0.0665. The van der Waals surface area contributed by atoms with Gasteiger partial charge in [0.1, 0.15) is 4.90 Å². The molecule has 2 amide bonds. The SMILES string of the molecule is NC(=O)c1ccc(NC(=O)C2CCN(S(=O)(=O)c3c(Cl)cccc3Cl)CC2)cc1. The number of amides is 2. The molecule has 0 atom stereocenters. The fraction of sp³-hybridized carbons (Fsp3) is 0.263. The lowest BCUT2D eigenvalue weighted by Crippen LogP contribution is -2.41. The third-order valence-electron chi connectivity index (χ3n) is 4.78. The summed E-state index contributed by atoms with van der Waals surface area (Å²) in [6, 6.07) is 10.8. The van der Waals surface area contributed by atoms with E-state index in [4.69, 9.17) is 28.9 Å². The Balaban J connectivity index is 1.64. The first-order valence-corrected chi connectivity index (χ1v) is 11.0. The highest BCUT2D eigenvalue weighted by atomic mass is 35.5. The zero-order valence-electron chi connectivity index (χ0n) is 15.3. The molecular formula is C19H19Cl2N3O4S. The Hall–Kier alpha value is -2.13. The molecular weight excluding hydrogens is 437 g/mol. The molecule has 0 aromatic heterocycles. The first-order valence-electron chi connectivity index (χ1n) is 8.85. The number of anilines is 1. The van der Waals surface area contributed by atoms with Gasteiger partial charge < -0.3 is 11.1 Å². The Bertz CT molecular complexity index is 1010. The fourth-order valence-corrected chi connectivity index (χ4v) is 5.74. The smallest absolute Gasteiger partial charge is 0.248 e. The van der Waals surface area contributed by atoms with E-state index in [2.05, 4.69) is 5.32 Å². The van der Waals surface area contributed by atoms with E-state index in [9.17, 15) is 18.0 Å². The molecule has 0 aliphatic carbocycles. The van der Waals surface area contributed by atoms with Gasteiger partial charge in [-0.15, -0.1) is 0 Å². The number of carbonyl (C=O) groups is 2. The van der Waals surface area contributed by atoms with Gasteiger partial charge in [-0.3, -0.25) is 9.59 Å². The standard InChI is InChI=1S/C19H19Cl2N3O4S/c20-15-2-1-3-16(21)17(15)29(27,28)24-10-8-13(9-11-24)19(26)23-14-6-4-12(5-7-14)18(22)25/h1-7,13H,8-11H2,(H2,22,25)(H,23,26). The molecule has 2 aromatic carbocycles. The van der Waals surface area contributed by atoms with Crippen LogP contribution in [0.15, 0.2) is 47.4 Å². The lowest BCUT2D eigenvalue weighted by Gasteiger charge is -2.31. The van der Waals surface area contributed by atoms with Crippen LogP contribution in [0.4, 0.5) is 5.69 Å². The van der Waals surface area contributed by atoms with Crippen molar-refractivity contribution in [2.75, 3.05) is 18.4 Å². The van der Waals surface area contributed by atoms with Crippen molar-refractivity contribution in [2.45, 2.75) is 17.7 Å². The van der Waals surface area contributed by atoms with Gasteiger partial charge in [-0.05, 0) is 49.2 Å². The summed E-state index contributed by atoms with van der Waals surface area (Å²) in [5, 5.41) is 2.91. The number of piperidine rings is 1. The molecule has 0 radical (unpaired) electrons. The first-order chi connectivity index (χ1) is 13.7. The number of primary amides is 1. The number of rotatable bonds is 5. The van der Waals surface area contributed by atoms with Crippen molar-refractivity contribution in [3.05, 3.63) is 58.1 Å². The molecule has 7 nitrogen and oxygen atoms in total. The van der Waals surface area contributed by atoms with Crippen LogP contribution in [0.3, 0.4) is 0 Å². The summed E-state index contributed by atoms with van der Waals surface area (Å²) in [4.78, 5) is 23.5. The molecule has 0 bridgehead atoms. The molecule has 3 rings (SSSR count). The lowest BCUT2D eigenvalue weighted by atomic mass is 9.97. The van der Waals surface area contributed by atoms with Crippen molar-refractivity contribution in [3.63, 3.8) is 0 Å². The quantitative estimate of drug-likeness (QED) is 0.721. The van der Waals surface area contributed by atoms with Gasteiger partial charge in [0.2, 0.25) is 21.8 Å². The zero-order valence-corrected chi connectivity index (χ0v) is 17.6. The maximum Gasteiger partial charge on any atom is 0.248 e. The van der Waals surface area contributed by atoms with Gasteiger partial charge in [0.05, 0.1) is 10.0 Å². The van der Waals surface area contributed by atoms with Crippen LogP contribution in [0, 0.1) is 5.92 Å². The van der Waals surface area contributed by atoms with E-state index in [0.29, 0.717) is 24.1 Å². The van der Waals surface area contributed by atoms with Gasteiger partial charge >= 0.3 is 0 Å². The maximum atomic E-state index is 12.9. The highest BCUT2D eigenvalue weighted by molar-refractivity contribution is 7.89. The Labute approximate surface area is 178 Å². The average molecular weight is 456 g/mol. The Morgan fingerprint density at radius 3 is 2.07 bits per heavy atom. The molecule has 10 heteroatoms. The lowest BCUT2D eigenvalue weighted by molar-refractivity contribution is -0.120. The van der Waals surface area contributed by atoms with Crippen LogP contribution in [0.25, 0.3) is 0 Å². The van der Waals surface area contributed by atoms with Crippen molar-refractivity contribution in [2.24, 2.45) is 11.7 Å². The van der Waals surface area contributed by atoms with Crippen LogP contribution in [-0.4, -0.2) is 37.6 Å².